The van der Waals surface area contributed by atoms with Gasteiger partial charge in [-0.1, -0.05) is 18.2 Å². The summed E-state index contributed by atoms with van der Waals surface area (Å²) in [5.41, 5.74) is 1.22. The third kappa shape index (κ3) is 9.07. The van der Waals surface area contributed by atoms with Gasteiger partial charge in [-0.3, -0.25) is 4.79 Å². The molecule has 1 N–H and O–H groups in total. The van der Waals surface area contributed by atoms with Crippen LogP contribution in [0.3, 0.4) is 0 Å². The molecule has 30 heavy (non-hydrogen) atoms. The molecule has 0 spiro atoms. The maximum atomic E-state index is 12.0. The molecular weight excluding hydrogens is 493 g/mol. The summed E-state index contributed by atoms with van der Waals surface area (Å²) in [4.78, 5) is 22.7. The molecular formula is C22H38IN5O2. The van der Waals surface area contributed by atoms with Crippen molar-refractivity contribution < 1.29 is 9.53 Å². The molecule has 1 atom stereocenters. The smallest absolute Gasteiger partial charge is 0.243 e. The van der Waals surface area contributed by atoms with Crippen LogP contribution in [0.4, 0.5) is 5.69 Å². The molecule has 1 amide bonds. The van der Waals surface area contributed by atoms with Crippen LogP contribution in [0.1, 0.15) is 19.8 Å². The minimum absolute atomic E-state index is 0. The Hall–Kier alpha value is -1.55. The van der Waals surface area contributed by atoms with Gasteiger partial charge in [-0.25, -0.2) is 4.99 Å². The van der Waals surface area contributed by atoms with Crippen molar-refractivity contribution in [2.45, 2.75) is 19.8 Å². The third-order valence-electron chi connectivity index (χ3n) is 5.16. The lowest BCUT2D eigenvalue weighted by molar-refractivity contribution is -0.127. The van der Waals surface area contributed by atoms with Crippen LogP contribution in [0.25, 0.3) is 0 Å². The predicted octanol–water partition coefficient (Wildman–Crippen LogP) is 2.52. The van der Waals surface area contributed by atoms with Gasteiger partial charge in [-0.05, 0) is 31.9 Å². The Bertz CT molecular complexity index is 642. The number of likely N-dealkylation sites (tertiary alicyclic amines) is 1. The number of ether oxygens (including phenoxy) is 1. The molecule has 1 aromatic rings. The van der Waals surface area contributed by atoms with Gasteiger partial charge in [0.25, 0.3) is 0 Å². The average Bonchev–Trinajstić information content (AvgIpc) is 3.20. The van der Waals surface area contributed by atoms with Gasteiger partial charge in [-0.15, -0.1) is 24.0 Å². The number of anilines is 1. The number of benzene rings is 1. The number of para-hydroxylation sites is 1. The van der Waals surface area contributed by atoms with Gasteiger partial charge in [0, 0.05) is 65.5 Å². The molecule has 1 fully saturated rings. The van der Waals surface area contributed by atoms with Crippen LogP contribution < -0.4 is 10.2 Å². The summed E-state index contributed by atoms with van der Waals surface area (Å²) in [6.07, 6.45) is 2.08. The van der Waals surface area contributed by atoms with Crippen molar-refractivity contribution >= 4 is 41.5 Å². The van der Waals surface area contributed by atoms with Crippen molar-refractivity contribution in [3.05, 3.63) is 30.3 Å². The zero-order valence-electron chi connectivity index (χ0n) is 18.8. The molecule has 1 unspecified atom stereocenters. The normalized spacial score (nSPS) is 16.2. The van der Waals surface area contributed by atoms with Gasteiger partial charge in [0.05, 0.1) is 6.61 Å². The Balaban J connectivity index is 0.00000450. The number of nitrogens with one attached hydrogen (secondary N) is 1. The van der Waals surface area contributed by atoms with E-state index in [4.69, 9.17) is 4.74 Å². The minimum atomic E-state index is 0. The number of nitrogens with zero attached hydrogens (tertiary/aromatic N) is 4. The van der Waals surface area contributed by atoms with Crippen molar-refractivity contribution in [2.24, 2.45) is 10.9 Å². The number of likely N-dealkylation sites (N-methyl/N-ethyl adjacent to an activating group) is 1. The fourth-order valence-electron chi connectivity index (χ4n) is 3.33. The van der Waals surface area contributed by atoms with Crippen LogP contribution in [0.2, 0.25) is 0 Å². The molecule has 1 aliphatic rings. The van der Waals surface area contributed by atoms with E-state index in [1.54, 1.807) is 19.0 Å². The average molecular weight is 531 g/mol. The predicted molar refractivity (Wildman–Crippen MR) is 135 cm³/mol. The molecule has 1 saturated heterocycles. The van der Waals surface area contributed by atoms with E-state index >= 15 is 0 Å². The Morgan fingerprint density at radius 1 is 1.27 bits per heavy atom. The largest absolute Gasteiger partial charge is 0.381 e. The maximum Gasteiger partial charge on any atom is 0.243 e. The molecule has 1 aromatic carbocycles. The van der Waals surface area contributed by atoms with Crippen molar-refractivity contribution in [1.82, 2.24) is 15.1 Å². The molecule has 0 radical (unpaired) electrons. The van der Waals surface area contributed by atoms with Crippen LogP contribution >= 0.6 is 24.0 Å². The van der Waals surface area contributed by atoms with E-state index in [0.29, 0.717) is 5.92 Å². The molecule has 170 valence electrons. The number of hydrogen-bond acceptors (Lipinski definition) is 4. The molecule has 0 saturated carbocycles. The fourth-order valence-corrected chi connectivity index (χ4v) is 3.33. The zero-order valence-corrected chi connectivity index (χ0v) is 21.2. The first kappa shape index (κ1) is 26.5. The van der Waals surface area contributed by atoms with Crippen LogP contribution in [-0.4, -0.2) is 88.7 Å². The summed E-state index contributed by atoms with van der Waals surface area (Å²) in [6.45, 7) is 7.38. The van der Waals surface area contributed by atoms with Crippen molar-refractivity contribution in [1.29, 1.82) is 0 Å². The fraction of sp³-hybridized carbons (Fsp3) is 0.636. The standard InChI is InChI=1S/C22H37N5O2.HI/c1-5-29-18-19-12-15-27(17-19)22(24-16-21(28)25(2)3)23-13-9-14-26(4)20-10-7-6-8-11-20;/h6-8,10-11,19H,5,9,12-18H2,1-4H3,(H,23,24);1H. The van der Waals surface area contributed by atoms with Gasteiger partial charge in [-0.2, -0.15) is 0 Å². The van der Waals surface area contributed by atoms with Gasteiger partial charge < -0.3 is 24.8 Å². The van der Waals surface area contributed by atoms with E-state index in [2.05, 4.69) is 51.4 Å². The quantitative estimate of drug-likeness (QED) is 0.218. The van der Waals surface area contributed by atoms with Crippen molar-refractivity contribution in [3.8, 4) is 0 Å². The van der Waals surface area contributed by atoms with Gasteiger partial charge in [0.1, 0.15) is 6.54 Å². The lowest BCUT2D eigenvalue weighted by Gasteiger charge is -2.24. The number of aliphatic imine (C=N–C) groups is 1. The number of guanidine groups is 1. The second kappa shape index (κ2) is 14.5. The SMILES string of the molecule is CCOCC1CCN(C(=NCC(=O)N(C)C)NCCCN(C)c2ccccc2)C1.I. The summed E-state index contributed by atoms with van der Waals surface area (Å²) in [6, 6.07) is 10.4. The summed E-state index contributed by atoms with van der Waals surface area (Å²) in [5, 5.41) is 3.48. The number of hydrogen-bond donors (Lipinski definition) is 1. The summed E-state index contributed by atoms with van der Waals surface area (Å²) in [7, 11) is 5.63. The summed E-state index contributed by atoms with van der Waals surface area (Å²) in [5.74, 6) is 1.37. The van der Waals surface area contributed by atoms with Crippen LogP contribution in [0.5, 0.6) is 0 Å². The van der Waals surface area contributed by atoms with E-state index in [1.807, 2.05) is 13.0 Å². The van der Waals surface area contributed by atoms with Gasteiger partial charge in [0.15, 0.2) is 5.96 Å². The highest BCUT2D eigenvalue weighted by molar-refractivity contribution is 14.0. The second-order valence-electron chi connectivity index (χ2n) is 7.73. The highest BCUT2D eigenvalue weighted by Crippen LogP contribution is 2.17. The number of carbonyl (C=O) groups excluding carboxylic acids is 1. The lowest BCUT2D eigenvalue weighted by Crippen LogP contribution is -2.42. The van der Waals surface area contributed by atoms with E-state index in [1.165, 1.54) is 5.69 Å². The van der Waals surface area contributed by atoms with Gasteiger partial charge >= 0.3 is 0 Å². The topological polar surface area (TPSA) is 60.4 Å². The van der Waals surface area contributed by atoms with Crippen molar-refractivity contribution in [3.63, 3.8) is 0 Å². The zero-order chi connectivity index (χ0) is 21.1. The van der Waals surface area contributed by atoms with Crippen LogP contribution in [-0.2, 0) is 9.53 Å². The summed E-state index contributed by atoms with van der Waals surface area (Å²) < 4.78 is 5.59. The highest BCUT2D eigenvalue weighted by Gasteiger charge is 2.25. The van der Waals surface area contributed by atoms with E-state index in [-0.39, 0.29) is 36.4 Å². The number of halogens is 1. The molecule has 7 nitrogen and oxygen atoms in total. The monoisotopic (exact) mass is 531 g/mol. The van der Waals surface area contributed by atoms with E-state index in [9.17, 15) is 4.79 Å². The lowest BCUT2D eigenvalue weighted by atomic mass is 10.1. The minimum Gasteiger partial charge on any atom is -0.381 e. The number of amides is 1. The third-order valence-corrected chi connectivity index (χ3v) is 5.16. The Kier molecular flexibility index (Phi) is 12.8. The number of rotatable bonds is 10. The van der Waals surface area contributed by atoms with Crippen molar-refractivity contribution in [2.75, 3.05) is 72.0 Å². The molecule has 2 rings (SSSR count). The van der Waals surface area contributed by atoms with E-state index in [0.717, 1.165) is 58.2 Å². The molecule has 1 aliphatic heterocycles. The molecule has 0 bridgehead atoms. The number of carbonyl (C=O) groups is 1. The molecule has 0 aliphatic carbocycles. The Morgan fingerprint density at radius 2 is 2.00 bits per heavy atom. The van der Waals surface area contributed by atoms with E-state index < -0.39 is 0 Å². The highest BCUT2D eigenvalue weighted by atomic mass is 127. The molecule has 0 aromatic heterocycles. The first-order chi connectivity index (χ1) is 14.0. The second-order valence-corrected chi connectivity index (χ2v) is 7.73. The first-order valence-electron chi connectivity index (χ1n) is 10.6. The van der Waals surface area contributed by atoms with Crippen LogP contribution in [0, 0.1) is 5.92 Å². The maximum absolute atomic E-state index is 12.0. The summed E-state index contributed by atoms with van der Waals surface area (Å²) >= 11 is 0. The Labute approximate surface area is 198 Å². The van der Waals surface area contributed by atoms with Gasteiger partial charge in [0.2, 0.25) is 5.91 Å². The molecule has 1 heterocycles. The Morgan fingerprint density at radius 3 is 2.67 bits per heavy atom. The molecule has 8 heteroatoms. The van der Waals surface area contributed by atoms with Crippen LogP contribution in [0.15, 0.2) is 35.3 Å². The first-order valence-corrected chi connectivity index (χ1v) is 10.6.